The Hall–Kier alpha value is -0.530. The van der Waals surface area contributed by atoms with Crippen LogP contribution in [0.2, 0.25) is 0 Å². The summed E-state index contributed by atoms with van der Waals surface area (Å²) in [5.41, 5.74) is 0. The van der Waals surface area contributed by atoms with Gasteiger partial charge in [0.15, 0.2) is 5.90 Å². The van der Waals surface area contributed by atoms with Crippen LogP contribution in [0.15, 0.2) is 4.99 Å². The molecule has 0 aliphatic carbocycles. The fourth-order valence-electron chi connectivity index (χ4n) is 1.86. The molecule has 0 amide bonds. The standard InChI is InChI=1S/C13H25NO/c1-4-5-6-7-8-9-10-13-14-11(2)12(3)15-13/h11-12H,4-10H2,1-3H3. The number of hydrogen-bond donors (Lipinski definition) is 0. The molecule has 2 atom stereocenters. The van der Waals surface area contributed by atoms with Crippen molar-refractivity contribution in [2.45, 2.75) is 77.9 Å². The second-order valence-electron chi connectivity index (χ2n) is 4.60. The third-order valence-electron chi connectivity index (χ3n) is 3.09. The van der Waals surface area contributed by atoms with Crippen molar-refractivity contribution in [2.75, 3.05) is 0 Å². The summed E-state index contributed by atoms with van der Waals surface area (Å²) in [5, 5.41) is 0. The normalized spacial score (nSPS) is 25.1. The first kappa shape index (κ1) is 12.5. The average Bonchev–Trinajstić information content (AvgIpc) is 2.52. The zero-order valence-corrected chi connectivity index (χ0v) is 10.5. The Labute approximate surface area is 94.1 Å². The number of aliphatic imine (C=N–C) groups is 1. The molecule has 0 saturated heterocycles. The fraction of sp³-hybridized carbons (Fsp3) is 0.923. The minimum Gasteiger partial charge on any atom is -0.476 e. The van der Waals surface area contributed by atoms with Crippen molar-refractivity contribution in [1.29, 1.82) is 0 Å². The first-order valence-corrected chi connectivity index (χ1v) is 6.47. The van der Waals surface area contributed by atoms with Gasteiger partial charge in [-0.2, -0.15) is 0 Å². The topological polar surface area (TPSA) is 21.6 Å². The third-order valence-corrected chi connectivity index (χ3v) is 3.09. The van der Waals surface area contributed by atoms with Crippen LogP contribution in [-0.4, -0.2) is 18.0 Å². The van der Waals surface area contributed by atoms with Crippen LogP contribution >= 0.6 is 0 Å². The molecule has 15 heavy (non-hydrogen) atoms. The van der Waals surface area contributed by atoms with Gasteiger partial charge in [0, 0.05) is 6.42 Å². The second kappa shape index (κ2) is 6.86. The Morgan fingerprint density at radius 3 is 2.33 bits per heavy atom. The van der Waals surface area contributed by atoms with Crippen LogP contribution in [-0.2, 0) is 4.74 Å². The molecule has 1 aliphatic heterocycles. The van der Waals surface area contributed by atoms with Gasteiger partial charge >= 0.3 is 0 Å². The molecule has 0 aromatic rings. The molecule has 88 valence electrons. The molecule has 0 aromatic carbocycles. The summed E-state index contributed by atoms with van der Waals surface area (Å²) in [6.07, 6.45) is 9.35. The summed E-state index contributed by atoms with van der Waals surface area (Å²) >= 11 is 0. The molecule has 2 unspecified atom stereocenters. The molecular weight excluding hydrogens is 186 g/mol. The van der Waals surface area contributed by atoms with E-state index in [-0.39, 0.29) is 0 Å². The highest BCUT2D eigenvalue weighted by Crippen LogP contribution is 2.16. The van der Waals surface area contributed by atoms with E-state index >= 15 is 0 Å². The van der Waals surface area contributed by atoms with Crippen LogP contribution in [0.5, 0.6) is 0 Å². The van der Waals surface area contributed by atoms with Gasteiger partial charge in [0.2, 0.25) is 0 Å². The van der Waals surface area contributed by atoms with Gasteiger partial charge in [0.1, 0.15) is 6.10 Å². The Morgan fingerprint density at radius 2 is 1.73 bits per heavy atom. The van der Waals surface area contributed by atoms with E-state index in [0.717, 1.165) is 12.3 Å². The largest absolute Gasteiger partial charge is 0.476 e. The minimum absolute atomic E-state index is 0.292. The van der Waals surface area contributed by atoms with Crippen LogP contribution in [0.25, 0.3) is 0 Å². The molecule has 1 heterocycles. The van der Waals surface area contributed by atoms with E-state index in [1.807, 2.05) is 0 Å². The zero-order chi connectivity index (χ0) is 11.1. The molecular formula is C13H25NO. The smallest absolute Gasteiger partial charge is 0.183 e. The molecule has 2 nitrogen and oxygen atoms in total. The SMILES string of the molecule is CCCCCCCCC1=NC(C)C(C)O1. The van der Waals surface area contributed by atoms with Crippen LogP contribution in [0.1, 0.15) is 65.7 Å². The highest BCUT2D eigenvalue weighted by Gasteiger charge is 2.21. The molecule has 1 rings (SSSR count). The van der Waals surface area contributed by atoms with Gasteiger partial charge in [-0.15, -0.1) is 0 Å². The summed E-state index contributed by atoms with van der Waals surface area (Å²) in [4.78, 5) is 4.50. The first-order valence-electron chi connectivity index (χ1n) is 6.47. The van der Waals surface area contributed by atoms with Crippen molar-refractivity contribution in [2.24, 2.45) is 4.99 Å². The lowest BCUT2D eigenvalue weighted by atomic mass is 10.1. The molecule has 2 heteroatoms. The van der Waals surface area contributed by atoms with E-state index < -0.39 is 0 Å². The summed E-state index contributed by atoms with van der Waals surface area (Å²) in [7, 11) is 0. The maximum atomic E-state index is 5.65. The predicted molar refractivity (Wildman–Crippen MR) is 65.4 cm³/mol. The van der Waals surface area contributed by atoms with E-state index in [2.05, 4.69) is 25.8 Å². The van der Waals surface area contributed by atoms with Gasteiger partial charge in [-0.1, -0.05) is 39.0 Å². The van der Waals surface area contributed by atoms with E-state index in [1.165, 1.54) is 38.5 Å². The van der Waals surface area contributed by atoms with Crippen LogP contribution in [0.4, 0.5) is 0 Å². The number of unbranched alkanes of at least 4 members (excludes halogenated alkanes) is 5. The van der Waals surface area contributed by atoms with Gasteiger partial charge in [-0.05, 0) is 20.3 Å². The third kappa shape index (κ3) is 4.67. The summed E-state index contributed by atoms with van der Waals surface area (Å²) in [6.45, 7) is 6.48. The van der Waals surface area contributed by atoms with Crippen molar-refractivity contribution in [3.8, 4) is 0 Å². The predicted octanol–water partition coefficient (Wildman–Crippen LogP) is 3.94. The lowest BCUT2D eigenvalue weighted by molar-refractivity contribution is 0.213. The van der Waals surface area contributed by atoms with Crippen molar-refractivity contribution < 1.29 is 4.74 Å². The van der Waals surface area contributed by atoms with Gasteiger partial charge in [0.25, 0.3) is 0 Å². The Morgan fingerprint density at radius 1 is 1.07 bits per heavy atom. The van der Waals surface area contributed by atoms with E-state index in [9.17, 15) is 0 Å². The first-order chi connectivity index (χ1) is 7.24. The maximum absolute atomic E-state index is 5.65. The highest BCUT2D eigenvalue weighted by molar-refractivity contribution is 5.77. The molecule has 1 aliphatic rings. The monoisotopic (exact) mass is 211 g/mol. The quantitative estimate of drug-likeness (QED) is 0.584. The van der Waals surface area contributed by atoms with Gasteiger partial charge in [0.05, 0.1) is 6.04 Å². The summed E-state index contributed by atoms with van der Waals surface area (Å²) in [6, 6.07) is 0.361. The highest BCUT2D eigenvalue weighted by atomic mass is 16.5. The number of ether oxygens (including phenoxy) is 1. The van der Waals surface area contributed by atoms with Gasteiger partial charge in [-0.3, -0.25) is 0 Å². The van der Waals surface area contributed by atoms with Crippen molar-refractivity contribution in [3.63, 3.8) is 0 Å². The molecule has 0 N–H and O–H groups in total. The Bertz CT molecular complexity index is 201. The van der Waals surface area contributed by atoms with Gasteiger partial charge < -0.3 is 4.74 Å². The molecule has 0 aromatic heterocycles. The number of rotatable bonds is 7. The second-order valence-corrected chi connectivity index (χ2v) is 4.60. The van der Waals surface area contributed by atoms with E-state index in [4.69, 9.17) is 4.74 Å². The Kier molecular flexibility index (Phi) is 5.74. The molecule has 0 radical (unpaired) electrons. The summed E-state index contributed by atoms with van der Waals surface area (Å²) in [5.74, 6) is 0.991. The molecule has 0 spiro atoms. The molecule has 0 saturated carbocycles. The zero-order valence-electron chi connectivity index (χ0n) is 10.5. The number of nitrogens with zero attached hydrogens (tertiary/aromatic N) is 1. The fourth-order valence-corrected chi connectivity index (χ4v) is 1.86. The van der Waals surface area contributed by atoms with Crippen molar-refractivity contribution in [3.05, 3.63) is 0 Å². The van der Waals surface area contributed by atoms with Crippen molar-refractivity contribution >= 4 is 5.90 Å². The van der Waals surface area contributed by atoms with Crippen molar-refractivity contribution in [1.82, 2.24) is 0 Å². The molecule has 0 fully saturated rings. The minimum atomic E-state index is 0.292. The Balaban J connectivity index is 1.99. The summed E-state index contributed by atoms with van der Waals surface area (Å²) < 4.78 is 5.65. The lowest BCUT2D eigenvalue weighted by Gasteiger charge is -2.07. The number of hydrogen-bond acceptors (Lipinski definition) is 2. The van der Waals surface area contributed by atoms with Crippen LogP contribution in [0, 0.1) is 0 Å². The lowest BCUT2D eigenvalue weighted by Crippen LogP contribution is -2.14. The maximum Gasteiger partial charge on any atom is 0.183 e. The van der Waals surface area contributed by atoms with E-state index in [0.29, 0.717) is 12.1 Å². The van der Waals surface area contributed by atoms with Crippen LogP contribution < -0.4 is 0 Å². The van der Waals surface area contributed by atoms with E-state index in [1.54, 1.807) is 0 Å². The average molecular weight is 211 g/mol. The van der Waals surface area contributed by atoms with Gasteiger partial charge in [-0.25, -0.2) is 4.99 Å². The van der Waals surface area contributed by atoms with Crippen LogP contribution in [0.3, 0.4) is 0 Å². The molecule has 0 bridgehead atoms.